The van der Waals surface area contributed by atoms with Crippen LogP contribution in [0.25, 0.3) is 16.9 Å². The van der Waals surface area contributed by atoms with Gasteiger partial charge in [-0.3, -0.25) is 0 Å². The molecule has 4 aromatic rings. The van der Waals surface area contributed by atoms with Gasteiger partial charge in [0.25, 0.3) is 0 Å². The topological polar surface area (TPSA) is 25.3 Å². The Labute approximate surface area is 315 Å². The summed E-state index contributed by atoms with van der Waals surface area (Å²) < 4.78 is 1.55. The van der Waals surface area contributed by atoms with E-state index in [2.05, 4.69) is 90.1 Å². The van der Waals surface area contributed by atoms with E-state index in [4.69, 9.17) is 0 Å². The number of allylic oxidation sites excluding steroid dienone is 2. The van der Waals surface area contributed by atoms with Crippen LogP contribution in [0.1, 0.15) is 132 Å². The Bertz CT molecular complexity index is 1560. The molecule has 1 aliphatic rings. The third-order valence-electron chi connectivity index (χ3n) is 8.89. The van der Waals surface area contributed by atoms with Crippen molar-refractivity contribution >= 4 is 11.4 Å². The minimum absolute atomic E-state index is 0. The predicted octanol–water partition coefficient (Wildman–Crippen LogP) is 14.0. The number of hydrogen-bond donors (Lipinski definition) is 0. The molecular formula is C47H60N2Ni. The standard InChI is InChI=1S/C33H46N2.2C7H7.Ni/c1-5-9-13-23-31-30(22-12-8-4)32(28-20-14-18-26(24-28)16-10-6-2)35(34)33(31)29-21-15-19-27(25-29)17-11-7-3;2*1-7-5-3-2-4-6-7;/h14-15,18-21,24-25H,5-13,16-17,22-23H2,1-4H3;2*2-6H,1H2;/q;2*-1;+2. The molecule has 3 heteroatoms. The van der Waals surface area contributed by atoms with E-state index in [1.165, 1.54) is 60.8 Å². The Morgan fingerprint density at radius 3 is 1.20 bits per heavy atom. The van der Waals surface area contributed by atoms with E-state index < -0.39 is 0 Å². The van der Waals surface area contributed by atoms with Crippen LogP contribution in [0.5, 0.6) is 0 Å². The number of rotatable bonds is 15. The van der Waals surface area contributed by atoms with Crippen LogP contribution in [-0.4, -0.2) is 4.70 Å². The summed E-state index contributed by atoms with van der Waals surface area (Å²) in [5.74, 6) is 0. The van der Waals surface area contributed by atoms with Crippen LogP contribution in [0.15, 0.2) is 120 Å². The number of aryl methyl sites for hydroxylation is 2. The predicted molar refractivity (Wildman–Crippen MR) is 213 cm³/mol. The summed E-state index contributed by atoms with van der Waals surface area (Å²) in [5, 5.41) is 0. The molecule has 5 rings (SSSR count). The van der Waals surface area contributed by atoms with Gasteiger partial charge >= 0.3 is 16.5 Å². The van der Waals surface area contributed by atoms with E-state index in [9.17, 15) is 5.53 Å². The molecule has 0 fully saturated rings. The van der Waals surface area contributed by atoms with E-state index in [0.717, 1.165) is 78.6 Å². The summed E-state index contributed by atoms with van der Waals surface area (Å²) >= 11 is 0. The Balaban J connectivity index is 0.000000475. The first-order chi connectivity index (χ1) is 23.9. The van der Waals surface area contributed by atoms with Gasteiger partial charge in [-0.1, -0.05) is 96.2 Å². The smallest absolute Gasteiger partial charge is 0.493 e. The Hall–Kier alpha value is -3.81. The molecule has 0 aliphatic carbocycles. The van der Waals surface area contributed by atoms with E-state index in [1.54, 1.807) is 4.70 Å². The summed E-state index contributed by atoms with van der Waals surface area (Å²) in [6.07, 6.45) is 14.9. The maximum Gasteiger partial charge on any atom is 2.00 e. The Morgan fingerprint density at radius 2 is 0.840 bits per heavy atom. The summed E-state index contributed by atoms with van der Waals surface area (Å²) in [5.41, 5.74) is 23.7. The first kappa shape index (κ1) is 42.4. The van der Waals surface area contributed by atoms with Crippen LogP contribution in [0.2, 0.25) is 0 Å². The zero-order valence-corrected chi connectivity index (χ0v) is 32.2. The molecule has 268 valence electrons. The van der Waals surface area contributed by atoms with E-state index >= 15 is 0 Å². The Kier molecular flexibility index (Phi) is 20.6. The molecular weight excluding hydrogens is 651 g/mol. The fourth-order valence-electron chi connectivity index (χ4n) is 6.16. The van der Waals surface area contributed by atoms with Gasteiger partial charge in [0.15, 0.2) is 0 Å². The first-order valence-corrected chi connectivity index (χ1v) is 18.8. The van der Waals surface area contributed by atoms with Crippen molar-refractivity contribution in [2.24, 2.45) is 0 Å². The molecule has 0 amide bonds. The minimum atomic E-state index is 0. The zero-order valence-electron chi connectivity index (χ0n) is 31.2. The third kappa shape index (κ3) is 13.8. The molecule has 0 spiro atoms. The van der Waals surface area contributed by atoms with E-state index in [-0.39, 0.29) is 16.5 Å². The molecule has 0 atom stereocenters. The average molecular weight is 712 g/mol. The first-order valence-electron chi connectivity index (χ1n) is 18.8. The van der Waals surface area contributed by atoms with Crippen LogP contribution < -0.4 is 0 Å². The second kappa shape index (κ2) is 24.4. The molecule has 0 unspecified atom stereocenters. The normalized spacial score (nSPS) is 12.1. The number of benzene rings is 4. The maximum absolute atomic E-state index is 11.8. The van der Waals surface area contributed by atoms with Crippen molar-refractivity contribution in [2.75, 3.05) is 0 Å². The molecule has 1 heterocycles. The molecule has 0 bridgehead atoms. The molecule has 0 saturated carbocycles. The summed E-state index contributed by atoms with van der Waals surface area (Å²) in [6.45, 7) is 16.5. The monoisotopic (exact) mass is 710 g/mol. The van der Waals surface area contributed by atoms with Crippen LogP contribution in [0.3, 0.4) is 0 Å². The van der Waals surface area contributed by atoms with Crippen molar-refractivity contribution in [1.82, 2.24) is 0 Å². The van der Waals surface area contributed by atoms with E-state index in [0.29, 0.717) is 0 Å². The van der Waals surface area contributed by atoms with Gasteiger partial charge in [-0.2, -0.15) is 49.2 Å². The van der Waals surface area contributed by atoms with Gasteiger partial charge in [-0.25, -0.2) is 4.70 Å². The van der Waals surface area contributed by atoms with Crippen molar-refractivity contribution in [3.63, 3.8) is 0 Å². The molecule has 1 aliphatic heterocycles. The maximum atomic E-state index is 11.8. The molecule has 2 nitrogen and oxygen atoms in total. The minimum Gasteiger partial charge on any atom is -0.493 e. The van der Waals surface area contributed by atoms with Crippen LogP contribution in [0, 0.1) is 13.8 Å². The molecule has 0 aromatic heterocycles. The van der Waals surface area contributed by atoms with Crippen LogP contribution in [-0.2, 0) is 29.3 Å². The molecule has 4 aromatic carbocycles. The van der Waals surface area contributed by atoms with Gasteiger partial charge < -0.3 is 5.53 Å². The van der Waals surface area contributed by atoms with Crippen molar-refractivity contribution < 1.29 is 21.2 Å². The van der Waals surface area contributed by atoms with Crippen molar-refractivity contribution in [3.05, 3.63) is 173 Å². The summed E-state index contributed by atoms with van der Waals surface area (Å²) in [4.78, 5) is 0. The average Bonchev–Trinajstić information content (AvgIpc) is 3.40. The van der Waals surface area contributed by atoms with Gasteiger partial charge in [0.1, 0.15) is 0 Å². The van der Waals surface area contributed by atoms with Gasteiger partial charge in [0.05, 0.1) is 0 Å². The van der Waals surface area contributed by atoms with E-state index in [1.807, 2.05) is 60.7 Å². The number of unbranched alkanes of at least 4 members (excludes halogenated alkanes) is 5. The molecule has 50 heavy (non-hydrogen) atoms. The van der Waals surface area contributed by atoms with Crippen molar-refractivity contribution in [1.29, 1.82) is 0 Å². The fourth-order valence-corrected chi connectivity index (χ4v) is 6.16. The van der Waals surface area contributed by atoms with Crippen LogP contribution >= 0.6 is 0 Å². The molecule has 0 N–H and O–H groups in total. The van der Waals surface area contributed by atoms with Crippen molar-refractivity contribution in [2.45, 2.75) is 111 Å². The van der Waals surface area contributed by atoms with Crippen molar-refractivity contribution in [3.8, 4) is 0 Å². The largest absolute Gasteiger partial charge is 2.00 e. The second-order valence-electron chi connectivity index (χ2n) is 13.1. The second-order valence-corrected chi connectivity index (χ2v) is 13.1. The van der Waals surface area contributed by atoms with Gasteiger partial charge in [0, 0.05) is 22.3 Å². The van der Waals surface area contributed by atoms with Crippen LogP contribution in [0.4, 0.5) is 0 Å². The third-order valence-corrected chi connectivity index (χ3v) is 8.89. The number of hydrogen-bond acceptors (Lipinski definition) is 0. The zero-order chi connectivity index (χ0) is 35.3. The quantitative estimate of drug-likeness (QED) is 0.0508. The van der Waals surface area contributed by atoms with Gasteiger partial charge in [0.2, 0.25) is 11.4 Å². The van der Waals surface area contributed by atoms with Gasteiger partial charge in [-0.05, 0) is 86.8 Å². The summed E-state index contributed by atoms with van der Waals surface area (Å²) in [6, 6.07) is 37.5. The fraction of sp³-hybridized carbons (Fsp3) is 0.362. The number of nitrogens with zero attached hydrogens (tertiary/aromatic N) is 2. The van der Waals surface area contributed by atoms with Gasteiger partial charge in [-0.15, -0.1) is 24.3 Å². The Morgan fingerprint density at radius 1 is 0.460 bits per heavy atom. The molecule has 0 radical (unpaired) electrons. The SMILES string of the molecule is CCCCCC1=C(c2cccc(CCCC)c2)[N+](=[N-])C(c2cccc(CCCC)c2)=C1CCCC.[CH2-]c1ccccc1.[CH2-]c1ccccc1.[Ni+2]. The summed E-state index contributed by atoms with van der Waals surface area (Å²) in [7, 11) is 0. The molecule has 0 saturated heterocycles.